The van der Waals surface area contributed by atoms with E-state index in [9.17, 15) is 9.59 Å². The fourth-order valence-electron chi connectivity index (χ4n) is 1.77. The van der Waals surface area contributed by atoms with Crippen LogP contribution in [0.5, 0.6) is 0 Å². The van der Waals surface area contributed by atoms with Crippen molar-refractivity contribution in [3.63, 3.8) is 0 Å². The van der Waals surface area contributed by atoms with E-state index in [1.54, 1.807) is 0 Å². The molecule has 18 heavy (non-hydrogen) atoms. The zero-order valence-corrected chi connectivity index (χ0v) is 11.8. The van der Waals surface area contributed by atoms with Crippen molar-refractivity contribution in [1.29, 1.82) is 0 Å². The van der Waals surface area contributed by atoms with Gasteiger partial charge in [-0.1, -0.05) is 27.7 Å². The number of carbonyl (C=O) groups is 2. The molecule has 0 fully saturated rings. The fourth-order valence-corrected chi connectivity index (χ4v) is 1.77. The molecule has 1 amide bonds. The molecule has 0 radical (unpaired) electrons. The van der Waals surface area contributed by atoms with Crippen molar-refractivity contribution in [2.75, 3.05) is 13.1 Å². The Kier molecular flexibility index (Phi) is 8.37. The van der Waals surface area contributed by atoms with E-state index in [2.05, 4.69) is 24.5 Å². The van der Waals surface area contributed by atoms with Gasteiger partial charge in [-0.05, 0) is 18.3 Å². The molecular weight excluding hydrogens is 232 g/mol. The van der Waals surface area contributed by atoms with E-state index < -0.39 is 5.97 Å². The standard InChI is InChI=1S/C13H26N2O3/c1-9(2)5-11(6-13(17)18)7-15-12(16)8-14-10(3)4/h9-11,14H,5-8H2,1-4H3,(H,15,16)(H,17,18). The van der Waals surface area contributed by atoms with Crippen molar-refractivity contribution >= 4 is 11.9 Å². The molecule has 0 aliphatic heterocycles. The van der Waals surface area contributed by atoms with Crippen LogP contribution in [0, 0.1) is 11.8 Å². The van der Waals surface area contributed by atoms with Crippen LogP contribution in [-0.2, 0) is 9.59 Å². The van der Waals surface area contributed by atoms with Crippen molar-refractivity contribution in [1.82, 2.24) is 10.6 Å². The van der Waals surface area contributed by atoms with Crippen LogP contribution in [0.15, 0.2) is 0 Å². The summed E-state index contributed by atoms with van der Waals surface area (Å²) in [4.78, 5) is 22.2. The Morgan fingerprint density at radius 3 is 2.22 bits per heavy atom. The average molecular weight is 258 g/mol. The minimum atomic E-state index is -0.810. The van der Waals surface area contributed by atoms with Gasteiger partial charge in [0.25, 0.3) is 0 Å². The molecular formula is C13H26N2O3. The zero-order chi connectivity index (χ0) is 14.1. The number of hydrogen-bond acceptors (Lipinski definition) is 3. The molecule has 0 bridgehead atoms. The van der Waals surface area contributed by atoms with Gasteiger partial charge in [-0.2, -0.15) is 0 Å². The quantitative estimate of drug-likeness (QED) is 0.581. The molecule has 0 aromatic carbocycles. The molecule has 0 aliphatic carbocycles. The molecule has 0 aliphatic rings. The van der Waals surface area contributed by atoms with Crippen LogP contribution >= 0.6 is 0 Å². The van der Waals surface area contributed by atoms with Crippen LogP contribution < -0.4 is 10.6 Å². The van der Waals surface area contributed by atoms with Gasteiger partial charge in [0, 0.05) is 19.0 Å². The topological polar surface area (TPSA) is 78.4 Å². The number of carbonyl (C=O) groups excluding carboxylic acids is 1. The largest absolute Gasteiger partial charge is 0.481 e. The van der Waals surface area contributed by atoms with E-state index in [0.29, 0.717) is 12.5 Å². The summed E-state index contributed by atoms with van der Waals surface area (Å²) >= 11 is 0. The fraction of sp³-hybridized carbons (Fsp3) is 0.846. The summed E-state index contributed by atoms with van der Waals surface area (Å²) in [5.41, 5.74) is 0. The molecule has 0 aromatic heterocycles. The average Bonchev–Trinajstić information content (AvgIpc) is 2.21. The van der Waals surface area contributed by atoms with Gasteiger partial charge < -0.3 is 15.7 Å². The summed E-state index contributed by atoms with van der Waals surface area (Å²) in [7, 11) is 0. The third kappa shape index (κ3) is 10.1. The number of nitrogens with one attached hydrogen (secondary N) is 2. The minimum absolute atomic E-state index is 0.00509. The Bertz CT molecular complexity index is 265. The van der Waals surface area contributed by atoms with E-state index in [4.69, 9.17) is 5.11 Å². The van der Waals surface area contributed by atoms with E-state index in [1.807, 2.05) is 13.8 Å². The molecule has 0 saturated heterocycles. The molecule has 5 heteroatoms. The van der Waals surface area contributed by atoms with Crippen LogP contribution in [0.1, 0.15) is 40.5 Å². The van der Waals surface area contributed by atoms with Crippen LogP contribution in [0.25, 0.3) is 0 Å². The Labute approximate surface area is 109 Å². The molecule has 3 N–H and O–H groups in total. The van der Waals surface area contributed by atoms with Gasteiger partial charge in [-0.25, -0.2) is 0 Å². The highest BCUT2D eigenvalue weighted by Crippen LogP contribution is 2.14. The first-order chi connectivity index (χ1) is 8.31. The predicted molar refractivity (Wildman–Crippen MR) is 71.3 cm³/mol. The number of rotatable bonds is 9. The van der Waals surface area contributed by atoms with Crippen LogP contribution in [0.4, 0.5) is 0 Å². The van der Waals surface area contributed by atoms with Crippen molar-refractivity contribution in [3.05, 3.63) is 0 Å². The first-order valence-corrected chi connectivity index (χ1v) is 6.53. The summed E-state index contributed by atoms with van der Waals surface area (Å²) in [6.07, 6.45) is 0.917. The monoisotopic (exact) mass is 258 g/mol. The number of carboxylic acid groups (broad SMARTS) is 1. The number of hydrogen-bond donors (Lipinski definition) is 3. The molecule has 0 aromatic rings. The third-order valence-electron chi connectivity index (χ3n) is 2.53. The Morgan fingerprint density at radius 2 is 1.78 bits per heavy atom. The molecule has 1 atom stereocenters. The SMILES string of the molecule is CC(C)CC(CNC(=O)CNC(C)C)CC(=O)O. The lowest BCUT2D eigenvalue weighted by Gasteiger charge is -2.18. The third-order valence-corrected chi connectivity index (χ3v) is 2.53. The highest BCUT2D eigenvalue weighted by atomic mass is 16.4. The van der Waals surface area contributed by atoms with Gasteiger partial charge in [0.2, 0.25) is 5.91 Å². The second-order valence-corrected chi connectivity index (χ2v) is 5.43. The maximum Gasteiger partial charge on any atom is 0.303 e. The van der Waals surface area contributed by atoms with Gasteiger partial charge in [-0.15, -0.1) is 0 Å². The van der Waals surface area contributed by atoms with E-state index in [-0.39, 0.29) is 30.8 Å². The normalized spacial score (nSPS) is 12.8. The second-order valence-electron chi connectivity index (χ2n) is 5.43. The minimum Gasteiger partial charge on any atom is -0.481 e. The van der Waals surface area contributed by atoms with E-state index in [1.165, 1.54) is 0 Å². The molecule has 106 valence electrons. The van der Waals surface area contributed by atoms with Crippen LogP contribution in [0.3, 0.4) is 0 Å². The predicted octanol–water partition coefficient (Wildman–Crippen LogP) is 1.24. The maximum atomic E-state index is 11.5. The number of amides is 1. The smallest absolute Gasteiger partial charge is 0.303 e. The van der Waals surface area contributed by atoms with Crippen molar-refractivity contribution in [3.8, 4) is 0 Å². The summed E-state index contributed by atoms with van der Waals surface area (Å²) in [6.45, 7) is 8.76. The summed E-state index contributed by atoms with van der Waals surface area (Å²) in [5, 5.41) is 14.6. The van der Waals surface area contributed by atoms with Gasteiger partial charge in [0.05, 0.1) is 6.54 Å². The first kappa shape index (κ1) is 16.9. The second kappa shape index (κ2) is 8.91. The number of aliphatic carboxylic acids is 1. The molecule has 0 spiro atoms. The van der Waals surface area contributed by atoms with Gasteiger partial charge >= 0.3 is 5.97 Å². The van der Waals surface area contributed by atoms with Crippen molar-refractivity contribution in [2.45, 2.75) is 46.6 Å². The van der Waals surface area contributed by atoms with Gasteiger partial charge in [0.1, 0.15) is 0 Å². The number of carboxylic acids is 1. The molecule has 5 nitrogen and oxygen atoms in total. The molecule has 1 unspecified atom stereocenters. The highest BCUT2D eigenvalue weighted by molar-refractivity contribution is 5.78. The van der Waals surface area contributed by atoms with Gasteiger partial charge in [0.15, 0.2) is 0 Å². The Hall–Kier alpha value is -1.10. The van der Waals surface area contributed by atoms with Gasteiger partial charge in [-0.3, -0.25) is 9.59 Å². The lowest BCUT2D eigenvalue weighted by molar-refractivity contribution is -0.138. The maximum absolute atomic E-state index is 11.5. The lowest BCUT2D eigenvalue weighted by atomic mass is 9.94. The lowest BCUT2D eigenvalue weighted by Crippen LogP contribution is -2.39. The van der Waals surface area contributed by atoms with Crippen LogP contribution in [-0.4, -0.2) is 36.1 Å². The zero-order valence-electron chi connectivity index (χ0n) is 11.8. The Balaban J connectivity index is 4.00. The van der Waals surface area contributed by atoms with Crippen molar-refractivity contribution < 1.29 is 14.7 Å². The highest BCUT2D eigenvalue weighted by Gasteiger charge is 2.15. The first-order valence-electron chi connectivity index (χ1n) is 6.53. The summed E-state index contributed by atoms with van der Waals surface area (Å²) in [5.74, 6) is -0.455. The molecule has 0 saturated carbocycles. The summed E-state index contributed by atoms with van der Waals surface area (Å²) < 4.78 is 0. The van der Waals surface area contributed by atoms with Crippen molar-refractivity contribution in [2.24, 2.45) is 11.8 Å². The summed E-state index contributed by atoms with van der Waals surface area (Å²) in [6, 6.07) is 0.265. The van der Waals surface area contributed by atoms with Crippen LogP contribution in [0.2, 0.25) is 0 Å². The Morgan fingerprint density at radius 1 is 1.17 bits per heavy atom. The molecule has 0 heterocycles. The van der Waals surface area contributed by atoms with E-state index in [0.717, 1.165) is 6.42 Å². The molecule has 0 rings (SSSR count). The van der Waals surface area contributed by atoms with E-state index >= 15 is 0 Å².